The lowest BCUT2D eigenvalue weighted by Crippen LogP contribution is -2.13. The fraction of sp³-hybridized carbons (Fsp3) is 0.312. The Balaban J connectivity index is 1.92. The van der Waals surface area contributed by atoms with Crippen molar-refractivity contribution in [2.45, 2.75) is 32.2 Å². The molecule has 0 aliphatic carbocycles. The van der Waals surface area contributed by atoms with Gasteiger partial charge in [-0.3, -0.25) is 0 Å². The van der Waals surface area contributed by atoms with E-state index in [1.165, 1.54) is 26.0 Å². The quantitative estimate of drug-likeness (QED) is 0.689. The standard InChI is InChI=1S/C16H15F4N5/c1-15(2,17)11-5-13(24-8-23-11)21-6-9-3-10-4-12(16(18,19)20)25-14(10)22-7-9/h3-5,7-8H,6H2,1-2H3,(H,22,25)(H,21,23,24)/i6D2. The highest BCUT2D eigenvalue weighted by atomic mass is 19.4. The Morgan fingerprint density at radius 3 is 2.56 bits per heavy atom. The zero-order chi connectivity index (χ0) is 20.0. The molecule has 0 atom stereocenters. The van der Waals surface area contributed by atoms with Gasteiger partial charge in [-0.05, 0) is 31.5 Å². The maximum atomic E-state index is 14.0. The molecule has 0 bridgehead atoms. The molecule has 3 aromatic heterocycles. The number of halogens is 4. The molecule has 3 rings (SSSR count). The Morgan fingerprint density at radius 1 is 1.12 bits per heavy atom. The molecule has 132 valence electrons. The minimum atomic E-state index is -4.56. The summed E-state index contributed by atoms with van der Waals surface area (Å²) in [4.78, 5) is 13.7. The van der Waals surface area contributed by atoms with Crippen LogP contribution >= 0.6 is 0 Å². The summed E-state index contributed by atoms with van der Waals surface area (Å²) in [5.41, 5.74) is -2.68. The summed E-state index contributed by atoms with van der Waals surface area (Å²) >= 11 is 0. The third-order valence-corrected chi connectivity index (χ3v) is 3.39. The van der Waals surface area contributed by atoms with Gasteiger partial charge in [-0.1, -0.05) is 0 Å². The summed E-state index contributed by atoms with van der Waals surface area (Å²) in [5.74, 6) is 0.0286. The van der Waals surface area contributed by atoms with Gasteiger partial charge in [0.2, 0.25) is 0 Å². The highest BCUT2D eigenvalue weighted by Gasteiger charge is 2.32. The lowest BCUT2D eigenvalue weighted by molar-refractivity contribution is -0.140. The number of aromatic nitrogens is 4. The lowest BCUT2D eigenvalue weighted by atomic mass is 10.1. The van der Waals surface area contributed by atoms with Gasteiger partial charge in [-0.25, -0.2) is 19.3 Å². The van der Waals surface area contributed by atoms with Crippen LogP contribution in [0.5, 0.6) is 0 Å². The topological polar surface area (TPSA) is 66.5 Å². The summed E-state index contributed by atoms with van der Waals surface area (Å²) in [6, 6.07) is 3.38. The molecule has 0 aliphatic rings. The van der Waals surface area contributed by atoms with Crippen LogP contribution in [0, 0.1) is 0 Å². The minimum absolute atomic E-state index is 0.00891. The predicted octanol–water partition coefficient (Wildman–Crippen LogP) is 4.19. The smallest absolute Gasteiger partial charge is 0.366 e. The first kappa shape index (κ1) is 14.6. The third kappa shape index (κ3) is 3.86. The van der Waals surface area contributed by atoms with Crippen molar-refractivity contribution >= 4 is 16.9 Å². The number of rotatable bonds is 4. The zero-order valence-electron chi connectivity index (χ0n) is 15.2. The second-order valence-corrected chi connectivity index (χ2v) is 5.85. The van der Waals surface area contributed by atoms with E-state index in [9.17, 15) is 17.6 Å². The van der Waals surface area contributed by atoms with Gasteiger partial charge in [0.15, 0.2) is 0 Å². The van der Waals surface area contributed by atoms with Crippen LogP contribution in [0.25, 0.3) is 11.0 Å². The van der Waals surface area contributed by atoms with Crippen LogP contribution < -0.4 is 5.32 Å². The van der Waals surface area contributed by atoms with E-state index in [0.29, 0.717) is 0 Å². The highest BCUT2D eigenvalue weighted by Crippen LogP contribution is 2.30. The van der Waals surface area contributed by atoms with E-state index in [0.717, 1.165) is 18.6 Å². The van der Waals surface area contributed by atoms with Crippen LogP contribution in [0.1, 0.15) is 33.5 Å². The van der Waals surface area contributed by atoms with Crippen LogP contribution in [0.3, 0.4) is 0 Å². The monoisotopic (exact) mass is 355 g/mol. The summed E-state index contributed by atoms with van der Waals surface area (Å²) in [6.45, 7) is 0.383. The summed E-state index contributed by atoms with van der Waals surface area (Å²) < 4.78 is 68.7. The van der Waals surface area contributed by atoms with Crippen LogP contribution in [0.4, 0.5) is 23.4 Å². The molecule has 0 aliphatic heterocycles. The molecule has 9 heteroatoms. The number of aromatic amines is 1. The molecule has 2 N–H and O–H groups in total. The van der Waals surface area contributed by atoms with Gasteiger partial charge in [0, 0.05) is 24.1 Å². The molecule has 0 spiro atoms. The van der Waals surface area contributed by atoms with Gasteiger partial charge in [-0.2, -0.15) is 13.2 Å². The van der Waals surface area contributed by atoms with Crippen LogP contribution in [0.15, 0.2) is 30.7 Å². The van der Waals surface area contributed by atoms with E-state index >= 15 is 0 Å². The average Bonchev–Trinajstić information content (AvgIpc) is 2.97. The van der Waals surface area contributed by atoms with E-state index < -0.39 is 24.0 Å². The number of anilines is 1. The second-order valence-electron chi connectivity index (χ2n) is 5.85. The minimum Gasteiger partial charge on any atom is -0.366 e. The molecule has 0 radical (unpaired) electrons. The predicted molar refractivity (Wildman–Crippen MR) is 84.6 cm³/mol. The van der Waals surface area contributed by atoms with Gasteiger partial charge < -0.3 is 10.3 Å². The molecule has 0 saturated heterocycles. The molecule has 5 nitrogen and oxygen atoms in total. The van der Waals surface area contributed by atoms with Gasteiger partial charge in [0.05, 0.1) is 8.44 Å². The van der Waals surface area contributed by atoms with Crippen LogP contribution in [-0.4, -0.2) is 19.9 Å². The molecule has 0 unspecified atom stereocenters. The summed E-state index contributed by atoms with van der Waals surface area (Å²) in [5, 5.41) is 2.60. The summed E-state index contributed by atoms with van der Waals surface area (Å²) in [7, 11) is 0. The molecule has 0 amide bonds. The van der Waals surface area contributed by atoms with E-state index in [1.807, 2.05) is 0 Å². The Kier molecular flexibility index (Phi) is 3.50. The number of nitrogens with one attached hydrogen (secondary N) is 2. The third-order valence-electron chi connectivity index (χ3n) is 3.39. The molecule has 0 aromatic carbocycles. The molecular formula is C16H15F4N5. The van der Waals surface area contributed by atoms with Crippen molar-refractivity contribution < 1.29 is 20.3 Å². The number of H-pyrrole nitrogens is 1. The Morgan fingerprint density at radius 2 is 1.88 bits per heavy atom. The van der Waals surface area contributed by atoms with E-state index in [1.54, 1.807) is 0 Å². The first-order valence-corrected chi connectivity index (χ1v) is 7.22. The number of fused-ring (bicyclic) bond motifs is 1. The fourth-order valence-corrected chi connectivity index (χ4v) is 2.12. The SMILES string of the molecule is [2H]C([2H])(Nc1cc(C(C)(C)F)ncn1)c1cnc2[nH]c(C(F)(F)F)cc2c1. The van der Waals surface area contributed by atoms with Crippen LogP contribution in [0.2, 0.25) is 0 Å². The first-order chi connectivity index (χ1) is 12.4. The highest BCUT2D eigenvalue weighted by molar-refractivity contribution is 5.77. The maximum absolute atomic E-state index is 14.0. The Hall–Kier alpha value is -2.71. The van der Waals surface area contributed by atoms with Gasteiger partial charge in [-0.15, -0.1) is 0 Å². The van der Waals surface area contributed by atoms with Crippen molar-refractivity contribution in [3.8, 4) is 0 Å². The van der Waals surface area contributed by atoms with Crippen molar-refractivity contribution in [1.82, 2.24) is 19.9 Å². The molecule has 0 fully saturated rings. The zero-order valence-corrected chi connectivity index (χ0v) is 13.2. The first-order valence-electron chi connectivity index (χ1n) is 8.22. The Bertz CT molecular complexity index is 979. The number of alkyl halides is 4. The number of pyridine rings is 1. The molecule has 0 saturated carbocycles. The van der Waals surface area contributed by atoms with E-state index in [2.05, 4.69) is 25.3 Å². The van der Waals surface area contributed by atoms with Crippen molar-refractivity contribution in [2.24, 2.45) is 0 Å². The average molecular weight is 355 g/mol. The maximum Gasteiger partial charge on any atom is 0.431 e. The Labute approximate surface area is 143 Å². The second kappa shape index (κ2) is 5.98. The molecule has 3 aromatic rings. The fourth-order valence-electron chi connectivity index (χ4n) is 2.12. The van der Waals surface area contributed by atoms with E-state index in [-0.39, 0.29) is 28.1 Å². The lowest BCUT2D eigenvalue weighted by Gasteiger charge is -2.14. The van der Waals surface area contributed by atoms with Crippen molar-refractivity contribution in [3.05, 3.63) is 47.7 Å². The number of hydrogen-bond donors (Lipinski definition) is 2. The molecule has 25 heavy (non-hydrogen) atoms. The largest absolute Gasteiger partial charge is 0.431 e. The van der Waals surface area contributed by atoms with Crippen LogP contribution in [-0.2, 0) is 18.3 Å². The van der Waals surface area contributed by atoms with Gasteiger partial charge in [0.25, 0.3) is 0 Å². The van der Waals surface area contributed by atoms with Crippen molar-refractivity contribution in [3.63, 3.8) is 0 Å². The number of hydrogen-bond acceptors (Lipinski definition) is 4. The van der Waals surface area contributed by atoms with Gasteiger partial charge in [0.1, 0.15) is 29.2 Å². The normalized spacial score (nSPS) is 14.3. The summed E-state index contributed by atoms with van der Waals surface area (Å²) in [6.07, 6.45) is -2.35. The van der Waals surface area contributed by atoms with Crippen molar-refractivity contribution in [2.75, 3.05) is 5.32 Å². The molecular weight excluding hydrogens is 338 g/mol. The van der Waals surface area contributed by atoms with Gasteiger partial charge >= 0.3 is 6.18 Å². The van der Waals surface area contributed by atoms with Crippen molar-refractivity contribution in [1.29, 1.82) is 0 Å². The van der Waals surface area contributed by atoms with E-state index in [4.69, 9.17) is 2.74 Å². The molecule has 3 heterocycles. The number of nitrogens with zero attached hydrogens (tertiary/aromatic N) is 3.